The van der Waals surface area contributed by atoms with Crippen molar-refractivity contribution in [3.05, 3.63) is 60.2 Å². The average Bonchev–Trinajstić information content (AvgIpc) is 3.20. The van der Waals surface area contributed by atoms with Crippen molar-refractivity contribution >= 4 is 17.7 Å². The van der Waals surface area contributed by atoms with Gasteiger partial charge in [0.05, 0.1) is 18.2 Å². The predicted molar refractivity (Wildman–Crippen MR) is 105 cm³/mol. The smallest absolute Gasteiger partial charge is 0.254 e. The van der Waals surface area contributed by atoms with E-state index in [-0.39, 0.29) is 5.91 Å². The van der Waals surface area contributed by atoms with Crippen LogP contribution in [0.4, 0.5) is 0 Å². The van der Waals surface area contributed by atoms with Gasteiger partial charge in [-0.2, -0.15) is 0 Å². The van der Waals surface area contributed by atoms with Crippen molar-refractivity contribution in [1.29, 1.82) is 0 Å². The highest BCUT2D eigenvalue weighted by molar-refractivity contribution is 7.99. The second-order valence-corrected chi connectivity index (χ2v) is 7.39. The van der Waals surface area contributed by atoms with E-state index < -0.39 is 0 Å². The SMILES string of the molecule is CN(CCOc1ccccc1)C(=O)c1ccccc1SCC1CCCO1. The quantitative estimate of drug-likeness (QED) is 0.655. The number of amides is 1. The fourth-order valence-corrected chi connectivity index (χ4v) is 3.97. The minimum Gasteiger partial charge on any atom is -0.492 e. The van der Waals surface area contributed by atoms with Gasteiger partial charge >= 0.3 is 0 Å². The maximum Gasteiger partial charge on any atom is 0.254 e. The Morgan fingerprint density at radius 1 is 1.19 bits per heavy atom. The molecule has 1 amide bonds. The van der Waals surface area contributed by atoms with Gasteiger partial charge in [-0.05, 0) is 37.1 Å². The summed E-state index contributed by atoms with van der Waals surface area (Å²) in [4.78, 5) is 15.6. The molecule has 0 aliphatic carbocycles. The van der Waals surface area contributed by atoms with Crippen LogP contribution in [-0.4, -0.2) is 49.5 Å². The third-order valence-corrected chi connectivity index (χ3v) is 5.56. The molecule has 0 radical (unpaired) electrons. The van der Waals surface area contributed by atoms with Gasteiger partial charge in [0.15, 0.2) is 0 Å². The highest BCUT2D eigenvalue weighted by atomic mass is 32.2. The summed E-state index contributed by atoms with van der Waals surface area (Å²) >= 11 is 1.71. The summed E-state index contributed by atoms with van der Waals surface area (Å²) in [7, 11) is 1.82. The van der Waals surface area contributed by atoms with Crippen molar-refractivity contribution in [2.24, 2.45) is 0 Å². The van der Waals surface area contributed by atoms with E-state index in [9.17, 15) is 4.79 Å². The Bertz CT molecular complexity index is 701. The number of likely N-dealkylation sites (N-methyl/N-ethyl adjacent to an activating group) is 1. The van der Waals surface area contributed by atoms with E-state index >= 15 is 0 Å². The van der Waals surface area contributed by atoms with Crippen LogP contribution >= 0.6 is 11.8 Å². The van der Waals surface area contributed by atoms with Crippen LogP contribution in [0.5, 0.6) is 5.75 Å². The molecule has 1 aliphatic heterocycles. The van der Waals surface area contributed by atoms with Gasteiger partial charge in [0.1, 0.15) is 12.4 Å². The summed E-state index contributed by atoms with van der Waals surface area (Å²) in [5.41, 5.74) is 0.748. The molecular formula is C21H25NO3S. The Morgan fingerprint density at radius 3 is 2.73 bits per heavy atom. The number of ether oxygens (including phenoxy) is 2. The number of rotatable bonds is 8. The number of thioether (sulfide) groups is 1. The molecule has 0 spiro atoms. The zero-order valence-corrected chi connectivity index (χ0v) is 15.9. The van der Waals surface area contributed by atoms with Gasteiger partial charge in [0.2, 0.25) is 0 Å². The molecule has 0 N–H and O–H groups in total. The molecule has 4 nitrogen and oxygen atoms in total. The Labute approximate surface area is 159 Å². The minimum absolute atomic E-state index is 0.0251. The monoisotopic (exact) mass is 371 g/mol. The molecule has 0 saturated carbocycles. The zero-order valence-electron chi connectivity index (χ0n) is 15.1. The van der Waals surface area contributed by atoms with Crippen molar-refractivity contribution in [2.45, 2.75) is 23.8 Å². The largest absolute Gasteiger partial charge is 0.492 e. The molecule has 2 aromatic carbocycles. The van der Waals surface area contributed by atoms with Crippen molar-refractivity contribution in [3.8, 4) is 5.75 Å². The van der Waals surface area contributed by atoms with Gasteiger partial charge < -0.3 is 14.4 Å². The Kier molecular flexibility index (Phi) is 6.97. The van der Waals surface area contributed by atoms with Crippen LogP contribution in [0, 0.1) is 0 Å². The number of hydrogen-bond donors (Lipinski definition) is 0. The second-order valence-electron chi connectivity index (χ2n) is 6.33. The first-order valence-electron chi connectivity index (χ1n) is 9.01. The lowest BCUT2D eigenvalue weighted by molar-refractivity contribution is 0.0770. The normalized spacial score (nSPS) is 16.4. The highest BCUT2D eigenvalue weighted by Crippen LogP contribution is 2.27. The van der Waals surface area contributed by atoms with Crippen LogP contribution < -0.4 is 4.74 Å². The van der Waals surface area contributed by atoms with Crippen LogP contribution in [-0.2, 0) is 4.74 Å². The fourth-order valence-electron chi connectivity index (χ4n) is 2.85. The molecule has 0 bridgehead atoms. The maximum absolute atomic E-state index is 12.8. The standard InChI is InChI=1S/C21H25NO3S/c1-22(13-15-25-17-8-3-2-4-9-17)21(23)19-11-5-6-12-20(19)26-16-18-10-7-14-24-18/h2-6,8-9,11-12,18H,7,10,13-16H2,1H3. The van der Waals surface area contributed by atoms with Crippen molar-refractivity contribution < 1.29 is 14.3 Å². The van der Waals surface area contributed by atoms with Crippen LogP contribution in [0.3, 0.4) is 0 Å². The molecule has 26 heavy (non-hydrogen) atoms. The average molecular weight is 372 g/mol. The molecule has 1 unspecified atom stereocenters. The molecule has 138 valence electrons. The summed E-state index contributed by atoms with van der Waals surface area (Å²) in [5.74, 6) is 1.74. The van der Waals surface area contributed by atoms with Gasteiger partial charge in [0, 0.05) is 24.3 Å². The molecule has 3 rings (SSSR count). The summed E-state index contributed by atoms with van der Waals surface area (Å²) in [6.07, 6.45) is 2.55. The number of hydrogen-bond acceptors (Lipinski definition) is 4. The molecule has 2 aromatic rings. The molecule has 1 fully saturated rings. The van der Waals surface area contributed by atoms with Crippen LogP contribution in [0.25, 0.3) is 0 Å². The lowest BCUT2D eigenvalue weighted by Gasteiger charge is -2.19. The van der Waals surface area contributed by atoms with Gasteiger partial charge in [-0.1, -0.05) is 30.3 Å². The predicted octanol–water partition coefficient (Wildman–Crippen LogP) is 4.11. The van der Waals surface area contributed by atoms with Crippen molar-refractivity contribution in [2.75, 3.05) is 32.6 Å². The number of carbonyl (C=O) groups is 1. The lowest BCUT2D eigenvalue weighted by Crippen LogP contribution is -2.31. The fraction of sp³-hybridized carbons (Fsp3) is 0.381. The summed E-state index contributed by atoms with van der Waals surface area (Å²) in [6, 6.07) is 17.5. The van der Waals surface area contributed by atoms with Gasteiger partial charge in [-0.15, -0.1) is 11.8 Å². The molecule has 1 atom stereocenters. The summed E-state index contributed by atoms with van der Waals surface area (Å²) < 4.78 is 11.4. The second kappa shape index (κ2) is 9.64. The van der Waals surface area contributed by atoms with Crippen LogP contribution in [0.2, 0.25) is 0 Å². The number of para-hydroxylation sites is 1. The van der Waals surface area contributed by atoms with Crippen molar-refractivity contribution in [3.63, 3.8) is 0 Å². The maximum atomic E-state index is 12.8. The molecule has 5 heteroatoms. The minimum atomic E-state index is 0.0251. The summed E-state index contributed by atoms with van der Waals surface area (Å²) in [5, 5.41) is 0. The van der Waals surface area contributed by atoms with Crippen LogP contribution in [0.1, 0.15) is 23.2 Å². The first-order valence-corrected chi connectivity index (χ1v) is 9.99. The van der Waals surface area contributed by atoms with Gasteiger partial charge in [0.25, 0.3) is 5.91 Å². The van der Waals surface area contributed by atoms with Gasteiger partial charge in [-0.3, -0.25) is 4.79 Å². The molecule has 1 heterocycles. The molecular weight excluding hydrogens is 346 g/mol. The van der Waals surface area contributed by atoms with E-state index in [4.69, 9.17) is 9.47 Å². The summed E-state index contributed by atoms with van der Waals surface area (Å²) in [6.45, 7) is 1.87. The Morgan fingerprint density at radius 2 is 1.96 bits per heavy atom. The Balaban J connectivity index is 1.54. The zero-order chi connectivity index (χ0) is 18.2. The molecule has 0 aromatic heterocycles. The third kappa shape index (κ3) is 5.26. The molecule has 1 saturated heterocycles. The van der Waals surface area contributed by atoms with E-state index in [1.807, 2.05) is 61.6 Å². The number of nitrogens with zero attached hydrogens (tertiary/aromatic N) is 1. The Hall–Kier alpha value is -1.98. The first kappa shape index (κ1) is 18.8. The van der Waals surface area contributed by atoms with Crippen LogP contribution in [0.15, 0.2) is 59.5 Å². The van der Waals surface area contributed by atoms with Crippen molar-refractivity contribution in [1.82, 2.24) is 4.90 Å². The number of benzene rings is 2. The highest BCUT2D eigenvalue weighted by Gasteiger charge is 2.19. The number of carbonyl (C=O) groups excluding carboxylic acids is 1. The van der Waals surface area contributed by atoms with E-state index in [0.29, 0.717) is 19.3 Å². The molecule has 1 aliphatic rings. The van der Waals surface area contributed by atoms with Gasteiger partial charge in [-0.25, -0.2) is 0 Å². The van der Waals surface area contributed by atoms with E-state index in [1.165, 1.54) is 0 Å². The lowest BCUT2D eigenvalue weighted by atomic mass is 10.2. The first-order chi connectivity index (χ1) is 12.7. The third-order valence-electron chi connectivity index (χ3n) is 4.35. The van der Waals surface area contributed by atoms with E-state index in [0.717, 1.165) is 41.4 Å². The van der Waals surface area contributed by atoms with E-state index in [2.05, 4.69) is 0 Å². The topological polar surface area (TPSA) is 38.8 Å². The van der Waals surface area contributed by atoms with E-state index in [1.54, 1.807) is 16.7 Å².